The number of fused-ring (bicyclic) bond motifs is 2. The molecule has 3 rings (SSSR count). The van der Waals surface area contributed by atoms with Gasteiger partial charge >= 0.3 is 11.9 Å². The van der Waals surface area contributed by atoms with Gasteiger partial charge in [-0.25, -0.2) is 9.78 Å². The largest absolute Gasteiger partial charge is 0.497 e. The van der Waals surface area contributed by atoms with E-state index < -0.39 is 24.2 Å². The number of hydrogen-bond donors (Lipinski definition) is 0. The maximum atomic E-state index is 14.1. The van der Waals surface area contributed by atoms with Gasteiger partial charge in [0.1, 0.15) is 11.6 Å². The lowest BCUT2D eigenvalue weighted by molar-refractivity contribution is -0.173. The van der Waals surface area contributed by atoms with Gasteiger partial charge in [0.2, 0.25) is 0 Å². The fourth-order valence-corrected chi connectivity index (χ4v) is 3.11. The number of carbonyl (C=O) groups excluding carboxylic acids is 1. The number of hydrogen-bond acceptors (Lipinski definition) is 5. The molecular weight excluding hydrogens is 334 g/mol. The number of halogens is 2. The third-order valence-corrected chi connectivity index (χ3v) is 4.34. The standard InChI is InChI=1S/C17H18F2N2O4/c1-3-25-16(23)17(18,19)9-10-6-7-21-14(10)20-13-8-11(24-2)4-5-12(13)15(21)22/h4-5,8,10H,3,6-7,9H2,1-2H3. The van der Waals surface area contributed by atoms with E-state index in [4.69, 9.17) is 4.74 Å². The zero-order valence-electron chi connectivity index (χ0n) is 13.9. The molecule has 1 atom stereocenters. The van der Waals surface area contributed by atoms with Crippen LogP contribution in [-0.2, 0) is 16.1 Å². The Morgan fingerprint density at radius 1 is 1.44 bits per heavy atom. The molecule has 1 aromatic heterocycles. The van der Waals surface area contributed by atoms with Crippen molar-refractivity contribution in [1.82, 2.24) is 9.55 Å². The fraction of sp³-hybridized carbons (Fsp3) is 0.471. The van der Waals surface area contributed by atoms with Gasteiger partial charge in [-0.05, 0) is 25.5 Å². The molecule has 0 bridgehead atoms. The number of esters is 1. The van der Waals surface area contributed by atoms with Gasteiger partial charge in [-0.1, -0.05) is 0 Å². The highest BCUT2D eigenvalue weighted by atomic mass is 19.3. The summed E-state index contributed by atoms with van der Waals surface area (Å²) in [5.74, 6) is -5.05. The molecule has 1 unspecified atom stereocenters. The first-order valence-electron chi connectivity index (χ1n) is 8.01. The fourth-order valence-electron chi connectivity index (χ4n) is 3.11. The Hall–Kier alpha value is -2.51. The number of carbonyl (C=O) groups is 1. The van der Waals surface area contributed by atoms with Crippen molar-refractivity contribution < 1.29 is 23.0 Å². The Labute approximate surface area is 142 Å². The Kier molecular flexibility index (Phi) is 4.45. The van der Waals surface area contributed by atoms with Crippen LogP contribution in [-0.4, -0.2) is 35.2 Å². The van der Waals surface area contributed by atoms with Crippen molar-refractivity contribution in [2.45, 2.75) is 38.2 Å². The van der Waals surface area contributed by atoms with Crippen LogP contribution in [0.25, 0.3) is 10.9 Å². The first kappa shape index (κ1) is 17.3. The molecule has 6 nitrogen and oxygen atoms in total. The van der Waals surface area contributed by atoms with E-state index in [-0.39, 0.29) is 18.0 Å². The third-order valence-electron chi connectivity index (χ3n) is 4.34. The monoisotopic (exact) mass is 352 g/mol. The first-order chi connectivity index (χ1) is 11.9. The predicted molar refractivity (Wildman–Crippen MR) is 86.1 cm³/mol. The highest BCUT2D eigenvalue weighted by molar-refractivity contribution is 5.79. The van der Waals surface area contributed by atoms with Crippen molar-refractivity contribution in [3.05, 3.63) is 34.4 Å². The van der Waals surface area contributed by atoms with Crippen molar-refractivity contribution >= 4 is 16.9 Å². The SMILES string of the molecule is CCOC(=O)C(F)(F)CC1CCn2c1nc1cc(OC)ccc1c2=O. The summed E-state index contributed by atoms with van der Waals surface area (Å²) < 4.78 is 39.1. The normalized spacial score (nSPS) is 16.7. The summed E-state index contributed by atoms with van der Waals surface area (Å²) in [7, 11) is 1.49. The van der Waals surface area contributed by atoms with E-state index >= 15 is 0 Å². The van der Waals surface area contributed by atoms with E-state index in [9.17, 15) is 18.4 Å². The summed E-state index contributed by atoms with van der Waals surface area (Å²) in [5, 5.41) is 0.405. The molecule has 2 heterocycles. The molecule has 1 aromatic carbocycles. The van der Waals surface area contributed by atoms with Crippen molar-refractivity contribution in [2.24, 2.45) is 0 Å². The molecular formula is C17H18F2N2O4. The first-order valence-corrected chi connectivity index (χ1v) is 8.01. The summed E-state index contributed by atoms with van der Waals surface area (Å²) in [5.41, 5.74) is 0.117. The van der Waals surface area contributed by atoms with Gasteiger partial charge < -0.3 is 9.47 Å². The lowest BCUT2D eigenvalue weighted by Crippen LogP contribution is -2.33. The van der Waals surface area contributed by atoms with E-state index in [0.717, 1.165) is 0 Å². The van der Waals surface area contributed by atoms with Crippen molar-refractivity contribution in [1.29, 1.82) is 0 Å². The van der Waals surface area contributed by atoms with E-state index in [1.165, 1.54) is 18.6 Å². The maximum absolute atomic E-state index is 14.1. The number of benzene rings is 1. The van der Waals surface area contributed by atoms with Crippen LogP contribution in [0.2, 0.25) is 0 Å². The molecule has 0 aliphatic carbocycles. The molecule has 0 spiro atoms. The van der Waals surface area contributed by atoms with Crippen molar-refractivity contribution in [3.8, 4) is 5.75 Å². The molecule has 0 radical (unpaired) electrons. The summed E-state index contributed by atoms with van der Waals surface area (Å²) in [6.45, 7) is 1.66. The molecule has 1 aliphatic rings. The number of alkyl halides is 2. The topological polar surface area (TPSA) is 70.4 Å². The van der Waals surface area contributed by atoms with Crippen LogP contribution in [0.15, 0.2) is 23.0 Å². The number of aromatic nitrogens is 2. The molecule has 0 saturated heterocycles. The van der Waals surface area contributed by atoms with Crippen LogP contribution in [0.4, 0.5) is 8.78 Å². The zero-order valence-corrected chi connectivity index (χ0v) is 13.9. The van der Waals surface area contributed by atoms with Gasteiger partial charge in [0, 0.05) is 24.9 Å². The molecule has 0 N–H and O–H groups in total. The average Bonchev–Trinajstić information content (AvgIpc) is 2.97. The van der Waals surface area contributed by atoms with Gasteiger partial charge in [-0.2, -0.15) is 8.78 Å². The number of nitrogens with zero attached hydrogens (tertiary/aromatic N) is 2. The summed E-state index contributed by atoms with van der Waals surface area (Å²) >= 11 is 0. The minimum Gasteiger partial charge on any atom is -0.497 e. The summed E-state index contributed by atoms with van der Waals surface area (Å²) in [6, 6.07) is 4.85. The Morgan fingerprint density at radius 2 is 2.20 bits per heavy atom. The number of ether oxygens (including phenoxy) is 2. The van der Waals surface area contributed by atoms with E-state index in [1.54, 1.807) is 18.2 Å². The molecule has 134 valence electrons. The minimum atomic E-state index is -3.61. The van der Waals surface area contributed by atoms with Gasteiger partial charge in [0.15, 0.2) is 0 Å². The van der Waals surface area contributed by atoms with Gasteiger partial charge in [0.05, 0.1) is 24.6 Å². The second-order valence-electron chi connectivity index (χ2n) is 5.92. The Bertz CT molecular complexity index is 879. The van der Waals surface area contributed by atoms with Gasteiger partial charge in [0.25, 0.3) is 5.56 Å². The highest BCUT2D eigenvalue weighted by Gasteiger charge is 2.45. The van der Waals surface area contributed by atoms with Crippen LogP contribution >= 0.6 is 0 Å². The lowest BCUT2D eigenvalue weighted by Gasteiger charge is -2.18. The second kappa shape index (κ2) is 6.42. The third kappa shape index (κ3) is 3.08. The summed E-state index contributed by atoms with van der Waals surface area (Å²) in [6.07, 6.45) is -0.404. The second-order valence-corrected chi connectivity index (χ2v) is 5.92. The van der Waals surface area contributed by atoms with E-state index in [0.29, 0.717) is 29.6 Å². The molecule has 25 heavy (non-hydrogen) atoms. The molecule has 0 amide bonds. The molecule has 0 fully saturated rings. The molecule has 1 aliphatic heterocycles. The van der Waals surface area contributed by atoms with Crippen LogP contribution in [0.1, 0.15) is 31.5 Å². The number of methoxy groups -OCH3 is 1. The van der Waals surface area contributed by atoms with Gasteiger partial charge in [-0.15, -0.1) is 0 Å². The molecule has 8 heteroatoms. The van der Waals surface area contributed by atoms with Crippen LogP contribution in [0, 0.1) is 0 Å². The van der Waals surface area contributed by atoms with Crippen molar-refractivity contribution in [3.63, 3.8) is 0 Å². The molecule has 0 saturated carbocycles. The van der Waals surface area contributed by atoms with Crippen molar-refractivity contribution in [2.75, 3.05) is 13.7 Å². The van der Waals surface area contributed by atoms with Crippen LogP contribution in [0.5, 0.6) is 5.75 Å². The van der Waals surface area contributed by atoms with Gasteiger partial charge in [-0.3, -0.25) is 9.36 Å². The zero-order chi connectivity index (χ0) is 18.2. The molecule has 2 aromatic rings. The Balaban J connectivity index is 1.99. The highest BCUT2D eigenvalue weighted by Crippen LogP contribution is 2.36. The minimum absolute atomic E-state index is 0.113. The van der Waals surface area contributed by atoms with Crippen LogP contribution in [0.3, 0.4) is 0 Å². The maximum Gasteiger partial charge on any atom is 0.376 e. The quantitative estimate of drug-likeness (QED) is 0.773. The van der Waals surface area contributed by atoms with E-state index in [2.05, 4.69) is 9.72 Å². The summed E-state index contributed by atoms with van der Waals surface area (Å²) in [4.78, 5) is 28.4. The Morgan fingerprint density at radius 3 is 2.88 bits per heavy atom. The van der Waals surface area contributed by atoms with Crippen LogP contribution < -0.4 is 10.3 Å². The van der Waals surface area contributed by atoms with E-state index in [1.807, 2.05) is 0 Å². The predicted octanol–water partition coefficient (Wildman–Crippen LogP) is 2.48. The average molecular weight is 352 g/mol. The number of rotatable bonds is 5. The lowest BCUT2D eigenvalue weighted by atomic mass is 9.98. The smallest absolute Gasteiger partial charge is 0.376 e.